The van der Waals surface area contributed by atoms with Gasteiger partial charge >= 0.3 is 0 Å². The molecule has 0 aliphatic carbocycles. The molecule has 2 aromatic carbocycles. The van der Waals surface area contributed by atoms with Crippen molar-refractivity contribution in [2.45, 2.75) is 25.7 Å². The summed E-state index contributed by atoms with van der Waals surface area (Å²) in [5, 5.41) is 0. The van der Waals surface area contributed by atoms with E-state index < -0.39 is 0 Å². The average Bonchev–Trinajstić information content (AvgIpc) is 2.68. The largest absolute Gasteiger partial charge is 0.494 e. The second-order valence-electron chi connectivity index (χ2n) is 6.67. The van der Waals surface area contributed by atoms with Crippen LogP contribution < -0.4 is 4.74 Å². The first-order valence-electron chi connectivity index (χ1n) is 9.42. The SMILES string of the molecule is Br.C=CCN(C)CCCCCCOc1ccc(C(=O)c2ccc(Br)cc2)cc1. The fraction of sp³-hybridized carbons (Fsp3) is 0.348. The summed E-state index contributed by atoms with van der Waals surface area (Å²) in [5.41, 5.74) is 1.36. The van der Waals surface area contributed by atoms with Crippen molar-refractivity contribution >= 4 is 38.7 Å². The fourth-order valence-electron chi connectivity index (χ4n) is 2.81. The first-order chi connectivity index (χ1) is 13.1. The lowest BCUT2D eigenvalue weighted by atomic mass is 10.0. The van der Waals surface area contributed by atoms with Gasteiger partial charge in [-0.3, -0.25) is 4.79 Å². The Morgan fingerprint density at radius 1 is 1.00 bits per heavy atom. The second kappa shape index (κ2) is 13.7. The van der Waals surface area contributed by atoms with E-state index in [0.717, 1.165) is 29.7 Å². The Morgan fingerprint density at radius 3 is 2.18 bits per heavy atom. The van der Waals surface area contributed by atoms with Crippen LogP contribution in [0.25, 0.3) is 0 Å². The Bertz CT molecular complexity index is 714. The van der Waals surface area contributed by atoms with E-state index in [1.807, 2.05) is 54.6 Å². The van der Waals surface area contributed by atoms with Crippen LogP contribution in [0.5, 0.6) is 5.75 Å². The van der Waals surface area contributed by atoms with E-state index in [9.17, 15) is 4.79 Å². The Morgan fingerprint density at radius 2 is 1.57 bits per heavy atom. The van der Waals surface area contributed by atoms with Gasteiger partial charge in [0.1, 0.15) is 5.75 Å². The molecule has 0 aliphatic heterocycles. The van der Waals surface area contributed by atoms with Crippen molar-refractivity contribution in [1.29, 1.82) is 0 Å². The predicted octanol–water partition coefficient (Wildman–Crippen LogP) is 6.32. The molecule has 0 amide bonds. The number of rotatable bonds is 12. The van der Waals surface area contributed by atoms with Gasteiger partial charge in [-0.05, 0) is 75.0 Å². The molecule has 0 spiro atoms. The van der Waals surface area contributed by atoms with E-state index in [2.05, 4.69) is 34.5 Å². The van der Waals surface area contributed by atoms with Crippen LogP contribution in [0.2, 0.25) is 0 Å². The summed E-state index contributed by atoms with van der Waals surface area (Å²) < 4.78 is 6.75. The van der Waals surface area contributed by atoms with Crippen molar-refractivity contribution in [3.05, 3.63) is 76.8 Å². The van der Waals surface area contributed by atoms with E-state index >= 15 is 0 Å². The summed E-state index contributed by atoms with van der Waals surface area (Å²) in [5.74, 6) is 0.837. The maximum atomic E-state index is 12.5. The minimum absolute atomic E-state index is 0. The van der Waals surface area contributed by atoms with Gasteiger partial charge in [0.15, 0.2) is 5.78 Å². The van der Waals surface area contributed by atoms with Crippen LogP contribution in [0.3, 0.4) is 0 Å². The van der Waals surface area contributed by atoms with Crippen LogP contribution in [0.4, 0.5) is 0 Å². The lowest BCUT2D eigenvalue weighted by molar-refractivity contribution is 0.103. The molecule has 28 heavy (non-hydrogen) atoms. The van der Waals surface area contributed by atoms with Crippen LogP contribution in [-0.2, 0) is 0 Å². The highest BCUT2D eigenvalue weighted by molar-refractivity contribution is 9.10. The zero-order valence-electron chi connectivity index (χ0n) is 16.4. The normalized spacial score (nSPS) is 10.4. The Labute approximate surface area is 187 Å². The van der Waals surface area contributed by atoms with Gasteiger partial charge in [0.05, 0.1) is 6.61 Å². The molecule has 0 radical (unpaired) electrons. The Balaban J connectivity index is 0.00000392. The summed E-state index contributed by atoms with van der Waals surface area (Å²) in [6.07, 6.45) is 6.57. The quantitative estimate of drug-likeness (QED) is 0.190. The van der Waals surface area contributed by atoms with Gasteiger partial charge in [0, 0.05) is 22.1 Å². The standard InChI is InChI=1S/C23H28BrNO2.BrH/c1-3-16-25(2)17-6-4-5-7-18-27-22-14-10-20(11-15-22)23(26)19-8-12-21(24)13-9-19;/h3,8-15H,1,4-7,16-18H2,2H3;1H. The molecule has 3 nitrogen and oxygen atoms in total. The van der Waals surface area contributed by atoms with Crippen molar-refractivity contribution in [2.75, 3.05) is 26.7 Å². The molecular weight excluding hydrogens is 482 g/mol. The van der Waals surface area contributed by atoms with Crippen LogP contribution in [0.15, 0.2) is 65.7 Å². The number of hydrogen-bond donors (Lipinski definition) is 0. The highest BCUT2D eigenvalue weighted by Crippen LogP contribution is 2.18. The van der Waals surface area contributed by atoms with Crippen LogP contribution in [0.1, 0.15) is 41.6 Å². The van der Waals surface area contributed by atoms with Gasteiger partial charge < -0.3 is 9.64 Å². The molecule has 0 N–H and O–H groups in total. The van der Waals surface area contributed by atoms with E-state index in [4.69, 9.17) is 4.74 Å². The summed E-state index contributed by atoms with van der Waals surface area (Å²) in [7, 11) is 2.12. The number of ether oxygens (including phenoxy) is 1. The number of unbranched alkanes of at least 4 members (excludes halogenated alkanes) is 3. The molecule has 0 aromatic heterocycles. The average molecular weight is 511 g/mol. The van der Waals surface area contributed by atoms with Gasteiger partial charge in [-0.25, -0.2) is 0 Å². The molecule has 0 unspecified atom stereocenters. The second-order valence-corrected chi connectivity index (χ2v) is 7.59. The summed E-state index contributed by atoms with van der Waals surface area (Å²) in [6.45, 7) is 6.52. The minimum Gasteiger partial charge on any atom is -0.494 e. The van der Waals surface area contributed by atoms with E-state index in [1.54, 1.807) is 0 Å². The molecule has 2 aromatic rings. The van der Waals surface area contributed by atoms with E-state index in [-0.39, 0.29) is 22.8 Å². The fourth-order valence-corrected chi connectivity index (χ4v) is 3.07. The van der Waals surface area contributed by atoms with Gasteiger partial charge in [-0.2, -0.15) is 0 Å². The predicted molar refractivity (Wildman–Crippen MR) is 126 cm³/mol. The van der Waals surface area contributed by atoms with Crippen LogP contribution >= 0.6 is 32.9 Å². The third-order valence-electron chi connectivity index (χ3n) is 4.37. The molecule has 0 saturated carbocycles. The summed E-state index contributed by atoms with van der Waals surface area (Å²) in [4.78, 5) is 14.7. The maximum absolute atomic E-state index is 12.5. The molecule has 0 fully saturated rings. The summed E-state index contributed by atoms with van der Waals surface area (Å²) >= 11 is 3.38. The number of halogens is 2. The van der Waals surface area contributed by atoms with Crippen LogP contribution in [-0.4, -0.2) is 37.4 Å². The lowest BCUT2D eigenvalue weighted by Crippen LogP contribution is -2.19. The highest BCUT2D eigenvalue weighted by Gasteiger charge is 2.08. The lowest BCUT2D eigenvalue weighted by Gasteiger charge is -2.13. The number of ketones is 1. The smallest absolute Gasteiger partial charge is 0.193 e. The first kappa shape index (κ1) is 24.6. The van der Waals surface area contributed by atoms with Crippen molar-refractivity contribution in [3.63, 3.8) is 0 Å². The van der Waals surface area contributed by atoms with Gasteiger partial charge in [-0.15, -0.1) is 23.6 Å². The molecule has 0 aliphatic rings. The molecule has 0 atom stereocenters. The monoisotopic (exact) mass is 509 g/mol. The van der Waals surface area contributed by atoms with Gasteiger partial charge in [0.25, 0.3) is 0 Å². The van der Waals surface area contributed by atoms with E-state index in [0.29, 0.717) is 17.7 Å². The maximum Gasteiger partial charge on any atom is 0.193 e. The van der Waals surface area contributed by atoms with Crippen LogP contribution in [0, 0.1) is 0 Å². The third-order valence-corrected chi connectivity index (χ3v) is 4.90. The number of hydrogen-bond acceptors (Lipinski definition) is 3. The highest BCUT2D eigenvalue weighted by atomic mass is 79.9. The number of carbonyl (C=O) groups is 1. The topological polar surface area (TPSA) is 29.5 Å². The Hall–Kier alpha value is -1.43. The molecule has 0 saturated heterocycles. The van der Waals surface area contributed by atoms with E-state index in [1.165, 1.54) is 19.3 Å². The number of nitrogens with zero attached hydrogens (tertiary/aromatic N) is 1. The minimum atomic E-state index is 0. The van der Waals surface area contributed by atoms with Gasteiger partial charge in [0.2, 0.25) is 0 Å². The Kier molecular flexibility index (Phi) is 12.0. The molecule has 0 heterocycles. The zero-order chi connectivity index (χ0) is 19.5. The van der Waals surface area contributed by atoms with Crippen molar-refractivity contribution in [1.82, 2.24) is 4.90 Å². The molecule has 2 rings (SSSR count). The molecular formula is C23H29Br2NO2. The molecule has 0 bridgehead atoms. The number of benzene rings is 2. The first-order valence-corrected chi connectivity index (χ1v) is 10.2. The third kappa shape index (κ3) is 8.72. The summed E-state index contributed by atoms with van der Waals surface area (Å²) in [6, 6.07) is 14.8. The molecule has 152 valence electrons. The molecule has 5 heteroatoms. The van der Waals surface area contributed by atoms with Crippen molar-refractivity contribution in [2.24, 2.45) is 0 Å². The number of likely N-dealkylation sites (N-methyl/N-ethyl adjacent to an activating group) is 1. The zero-order valence-corrected chi connectivity index (χ0v) is 19.7. The van der Waals surface area contributed by atoms with Gasteiger partial charge in [-0.1, -0.05) is 34.8 Å². The number of carbonyl (C=O) groups excluding carboxylic acids is 1. The van der Waals surface area contributed by atoms with Crippen molar-refractivity contribution < 1.29 is 9.53 Å². The van der Waals surface area contributed by atoms with Crippen molar-refractivity contribution in [3.8, 4) is 5.75 Å².